The van der Waals surface area contributed by atoms with Gasteiger partial charge in [0.2, 0.25) is 0 Å². The van der Waals surface area contributed by atoms with E-state index in [1.807, 2.05) is 0 Å². The molecule has 0 radical (unpaired) electrons. The normalized spacial score (nSPS) is 18.7. The Kier molecular flexibility index (Phi) is 6.00. The summed E-state index contributed by atoms with van der Waals surface area (Å²) in [6, 6.07) is 1.53. The quantitative estimate of drug-likeness (QED) is 0.318. The summed E-state index contributed by atoms with van der Waals surface area (Å²) in [5.41, 5.74) is 0. The van der Waals surface area contributed by atoms with Gasteiger partial charge in [0.25, 0.3) is 0 Å². The Hall–Kier alpha value is -1.04. The third kappa shape index (κ3) is 3.91. The van der Waals surface area contributed by atoms with Crippen LogP contribution in [-0.2, 0) is 4.79 Å². The number of nitriles is 1. The first-order chi connectivity index (χ1) is 6.95. The first-order valence-electron chi connectivity index (χ1n) is 4.19. The minimum absolute atomic E-state index is 0.477. The molecule has 0 saturated carbocycles. The van der Waals surface area contributed by atoms with Crippen LogP contribution in [0.5, 0.6) is 0 Å². The van der Waals surface area contributed by atoms with E-state index < -0.39 is 43.2 Å². The molecule has 0 aromatic carbocycles. The van der Waals surface area contributed by atoms with Gasteiger partial charge in [0.1, 0.15) is 24.4 Å². The Morgan fingerprint density at radius 2 is 1.60 bits per heavy atom. The van der Waals surface area contributed by atoms with E-state index in [1.54, 1.807) is 0 Å². The van der Waals surface area contributed by atoms with E-state index in [2.05, 4.69) is 0 Å². The largest absolute Gasteiger partial charge is 0.394 e. The summed E-state index contributed by atoms with van der Waals surface area (Å²) in [5.74, 6) is -1.24. The Labute approximate surface area is 85.8 Å². The predicted octanol–water partition coefficient (Wildman–Crippen LogP) is -3.09. The molecule has 0 saturated heterocycles. The van der Waals surface area contributed by atoms with Gasteiger partial charge in [-0.3, -0.25) is 4.79 Å². The van der Waals surface area contributed by atoms with Gasteiger partial charge in [0, 0.05) is 0 Å². The zero-order valence-electron chi connectivity index (χ0n) is 7.82. The molecular weight excluding hydrogens is 206 g/mol. The van der Waals surface area contributed by atoms with Crippen molar-refractivity contribution in [2.45, 2.75) is 30.8 Å². The fourth-order valence-corrected chi connectivity index (χ4v) is 0.859. The van der Waals surface area contributed by atoms with Crippen LogP contribution < -0.4 is 0 Å². The molecule has 4 atom stereocenters. The molecular formula is C8H13NO6. The highest BCUT2D eigenvalue weighted by atomic mass is 16.4. The van der Waals surface area contributed by atoms with Crippen LogP contribution in [0.3, 0.4) is 0 Å². The number of nitrogens with zero attached hydrogens (tertiary/aromatic N) is 1. The van der Waals surface area contributed by atoms with Gasteiger partial charge in [-0.15, -0.1) is 0 Å². The highest BCUT2D eigenvalue weighted by Gasteiger charge is 2.33. The molecule has 0 spiro atoms. The van der Waals surface area contributed by atoms with Crippen LogP contribution in [-0.4, -0.2) is 62.3 Å². The number of ketones is 1. The van der Waals surface area contributed by atoms with Crippen molar-refractivity contribution in [3.8, 4) is 6.07 Å². The maximum absolute atomic E-state index is 11.1. The van der Waals surface area contributed by atoms with Gasteiger partial charge in [-0.2, -0.15) is 5.26 Å². The second kappa shape index (κ2) is 6.44. The fraction of sp³-hybridized carbons (Fsp3) is 0.750. The van der Waals surface area contributed by atoms with Crippen molar-refractivity contribution in [2.24, 2.45) is 0 Å². The van der Waals surface area contributed by atoms with Crippen LogP contribution in [0.15, 0.2) is 0 Å². The van der Waals surface area contributed by atoms with Crippen molar-refractivity contribution >= 4 is 5.78 Å². The van der Waals surface area contributed by atoms with E-state index in [-0.39, 0.29) is 0 Å². The lowest BCUT2D eigenvalue weighted by Gasteiger charge is -2.20. The van der Waals surface area contributed by atoms with E-state index in [0.717, 1.165) is 0 Å². The molecule has 0 aliphatic rings. The van der Waals surface area contributed by atoms with Crippen LogP contribution in [0, 0.1) is 11.3 Å². The molecule has 0 bridgehead atoms. The molecule has 7 heteroatoms. The van der Waals surface area contributed by atoms with Crippen molar-refractivity contribution < 1.29 is 30.3 Å². The van der Waals surface area contributed by atoms with Crippen molar-refractivity contribution in [1.29, 1.82) is 5.26 Å². The Balaban J connectivity index is 4.38. The monoisotopic (exact) mass is 219 g/mol. The van der Waals surface area contributed by atoms with Gasteiger partial charge in [0.15, 0.2) is 5.78 Å². The van der Waals surface area contributed by atoms with Gasteiger partial charge >= 0.3 is 0 Å². The molecule has 0 aromatic heterocycles. The summed E-state index contributed by atoms with van der Waals surface area (Å²) in [5, 5.41) is 52.7. The third-order valence-electron chi connectivity index (χ3n) is 1.80. The average molecular weight is 219 g/mol. The minimum atomic E-state index is -1.99. The summed E-state index contributed by atoms with van der Waals surface area (Å²) < 4.78 is 0. The average Bonchev–Trinajstić information content (AvgIpc) is 2.25. The Morgan fingerprint density at radius 3 is 2.00 bits per heavy atom. The van der Waals surface area contributed by atoms with Crippen LogP contribution >= 0.6 is 0 Å². The zero-order valence-corrected chi connectivity index (χ0v) is 7.82. The molecule has 0 fully saturated rings. The van der Waals surface area contributed by atoms with Crippen molar-refractivity contribution in [3.05, 3.63) is 0 Å². The van der Waals surface area contributed by atoms with Crippen molar-refractivity contribution in [3.63, 3.8) is 0 Å². The number of Topliss-reactive ketones (excluding diaryl/α,β-unsaturated/α-hetero) is 1. The first kappa shape index (κ1) is 14.0. The summed E-state index contributed by atoms with van der Waals surface area (Å²) in [6.45, 7) is -0.853. The van der Waals surface area contributed by atoms with Gasteiger partial charge in [-0.05, 0) is 0 Å². The number of carbonyl (C=O) groups is 1. The number of aliphatic hydroxyl groups is 5. The van der Waals surface area contributed by atoms with Gasteiger partial charge in [0.05, 0.1) is 19.1 Å². The van der Waals surface area contributed by atoms with E-state index in [1.165, 1.54) is 6.07 Å². The van der Waals surface area contributed by atoms with E-state index in [4.69, 9.17) is 30.8 Å². The van der Waals surface area contributed by atoms with Gasteiger partial charge in [-0.25, -0.2) is 0 Å². The molecule has 0 rings (SSSR count). The van der Waals surface area contributed by atoms with E-state index in [9.17, 15) is 4.79 Å². The number of carbonyl (C=O) groups excluding carboxylic acids is 1. The number of hydrogen-bond donors (Lipinski definition) is 5. The zero-order chi connectivity index (χ0) is 12.0. The summed E-state index contributed by atoms with van der Waals surface area (Å²) in [7, 11) is 0. The predicted molar refractivity (Wildman–Crippen MR) is 46.4 cm³/mol. The van der Waals surface area contributed by atoms with Gasteiger partial charge in [-0.1, -0.05) is 0 Å². The SMILES string of the molecule is N#CCC(O)[C@@H](O)C(=O)[C@H](O)[C@H](O)CO. The second-order valence-electron chi connectivity index (χ2n) is 2.97. The van der Waals surface area contributed by atoms with Crippen molar-refractivity contribution in [1.82, 2.24) is 0 Å². The van der Waals surface area contributed by atoms with Gasteiger partial charge < -0.3 is 25.5 Å². The molecule has 1 unspecified atom stereocenters. The third-order valence-corrected chi connectivity index (χ3v) is 1.80. The summed E-state index contributed by atoms with van der Waals surface area (Å²) in [6.07, 6.45) is -7.77. The molecule has 0 aliphatic heterocycles. The van der Waals surface area contributed by atoms with Crippen molar-refractivity contribution in [2.75, 3.05) is 6.61 Å². The minimum Gasteiger partial charge on any atom is -0.394 e. The molecule has 5 N–H and O–H groups in total. The maximum Gasteiger partial charge on any atom is 0.195 e. The maximum atomic E-state index is 11.1. The molecule has 0 aliphatic carbocycles. The molecule has 86 valence electrons. The Morgan fingerprint density at radius 1 is 1.13 bits per heavy atom. The first-order valence-corrected chi connectivity index (χ1v) is 4.19. The standard InChI is InChI=1S/C8H13NO6/c9-2-1-4(11)6(13)8(15)7(14)5(12)3-10/h4-7,10-14H,1,3H2/t4?,5-,6-,7-/m1/s1. The van der Waals surface area contributed by atoms with Crippen LogP contribution in [0.4, 0.5) is 0 Å². The fourth-order valence-electron chi connectivity index (χ4n) is 0.859. The summed E-state index contributed by atoms with van der Waals surface area (Å²) in [4.78, 5) is 11.1. The molecule has 7 nitrogen and oxygen atoms in total. The van der Waals surface area contributed by atoms with Crippen LogP contribution in [0.1, 0.15) is 6.42 Å². The number of rotatable bonds is 6. The number of aliphatic hydroxyl groups excluding tert-OH is 5. The Bertz CT molecular complexity index is 250. The van der Waals surface area contributed by atoms with Crippen LogP contribution in [0.25, 0.3) is 0 Å². The summed E-state index contributed by atoms with van der Waals surface area (Å²) >= 11 is 0. The van der Waals surface area contributed by atoms with E-state index >= 15 is 0 Å². The lowest BCUT2D eigenvalue weighted by molar-refractivity contribution is -0.148. The molecule has 15 heavy (non-hydrogen) atoms. The highest BCUT2D eigenvalue weighted by molar-refractivity contribution is 5.88. The smallest absolute Gasteiger partial charge is 0.195 e. The second-order valence-corrected chi connectivity index (χ2v) is 2.97. The molecule has 0 heterocycles. The lowest BCUT2D eigenvalue weighted by atomic mass is 10.00. The molecule has 0 aromatic rings. The van der Waals surface area contributed by atoms with Crippen LogP contribution in [0.2, 0.25) is 0 Å². The molecule has 0 amide bonds. The lowest BCUT2D eigenvalue weighted by Crippen LogP contribution is -2.46. The van der Waals surface area contributed by atoms with E-state index in [0.29, 0.717) is 0 Å². The topological polar surface area (TPSA) is 142 Å². The highest BCUT2D eigenvalue weighted by Crippen LogP contribution is 2.05. The number of hydrogen-bond acceptors (Lipinski definition) is 7.